The average Bonchev–Trinajstić information content (AvgIpc) is 2.96. The van der Waals surface area contributed by atoms with Crippen molar-refractivity contribution in [2.24, 2.45) is 0 Å². The van der Waals surface area contributed by atoms with Gasteiger partial charge in [0.05, 0.1) is 25.4 Å². The van der Waals surface area contributed by atoms with Crippen molar-refractivity contribution in [3.05, 3.63) is 36.2 Å². The van der Waals surface area contributed by atoms with Crippen LogP contribution in [0.1, 0.15) is 5.56 Å². The zero-order valence-electron chi connectivity index (χ0n) is 12.5. The highest BCUT2D eigenvalue weighted by Crippen LogP contribution is 2.18. The molecule has 2 aliphatic heterocycles. The minimum atomic E-state index is -0.489. The predicted octanol–water partition coefficient (Wildman–Crippen LogP) is -0.00130. The van der Waals surface area contributed by atoms with E-state index in [1.54, 1.807) is 29.4 Å². The molecule has 0 aromatic carbocycles. The van der Waals surface area contributed by atoms with Crippen molar-refractivity contribution >= 4 is 12.0 Å². The third-order valence-electron chi connectivity index (χ3n) is 4.21. The highest BCUT2D eigenvalue weighted by Gasteiger charge is 2.37. The molecule has 2 atom stereocenters. The van der Waals surface area contributed by atoms with Crippen LogP contribution in [0.2, 0.25) is 0 Å². The smallest absolute Gasteiger partial charge is 0.246 e. The Hall–Kier alpha value is -1.76. The van der Waals surface area contributed by atoms with Crippen molar-refractivity contribution in [1.29, 1.82) is 0 Å². The lowest BCUT2D eigenvalue weighted by Crippen LogP contribution is -2.49. The zero-order valence-corrected chi connectivity index (χ0v) is 12.5. The number of ether oxygens (including phenoxy) is 1. The fraction of sp³-hybridized carbons (Fsp3) is 0.500. The average molecular weight is 303 g/mol. The van der Waals surface area contributed by atoms with Crippen LogP contribution in [0, 0.1) is 0 Å². The summed E-state index contributed by atoms with van der Waals surface area (Å²) in [5.41, 5.74) is 0.938. The standard InChI is InChI=1S/C16H21N3O3/c20-15-12-19(11-14(15)18-7-9-22-10-8-18)16(21)2-1-13-3-5-17-6-4-13/h1-6,14-15,20H,7-12H2/b2-1+/t14-,15-/m1/s1. The lowest BCUT2D eigenvalue weighted by Gasteiger charge is -2.33. The van der Waals surface area contributed by atoms with Crippen LogP contribution >= 0.6 is 0 Å². The molecule has 1 N–H and O–H groups in total. The highest BCUT2D eigenvalue weighted by molar-refractivity contribution is 5.92. The van der Waals surface area contributed by atoms with E-state index in [0.29, 0.717) is 26.3 Å². The van der Waals surface area contributed by atoms with Crippen molar-refractivity contribution in [1.82, 2.24) is 14.8 Å². The number of carbonyl (C=O) groups excluding carboxylic acids is 1. The lowest BCUT2D eigenvalue weighted by molar-refractivity contribution is -0.125. The van der Waals surface area contributed by atoms with Gasteiger partial charge < -0.3 is 14.7 Å². The van der Waals surface area contributed by atoms with Gasteiger partial charge in [-0.25, -0.2) is 0 Å². The summed E-state index contributed by atoms with van der Waals surface area (Å²) in [5.74, 6) is -0.0633. The lowest BCUT2D eigenvalue weighted by atomic mass is 10.1. The first kappa shape index (κ1) is 15.1. The Morgan fingerprint density at radius 3 is 2.73 bits per heavy atom. The molecule has 0 unspecified atom stereocenters. The molecule has 6 heteroatoms. The number of aliphatic hydroxyl groups is 1. The Labute approximate surface area is 130 Å². The van der Waals surface area contributed by atoms with Crippen LogP contribution in [0.25, 0.3) is 6.08 Å². The van der Waals surface area contributed by atoms with Gasteiger partial charge in [-0.1, -0.05) is 0 Å². The maximum atomic E-state index is 12.3. The van der Waals surface area contributed by atoms with E-state index >= 15 is 0 Å². The minimum absolute atomic E-state index is 0.0159. The van der Waals surface area contributed by atoms with E-state index in [2.05, 4.69) is 9.88 Å². The van der Waals surface area contributed by atoms with Crippen molar-refractivity contribution in [3.8, 4) is 0 Å². The summed E-state index contributed by atoms with van der Waals surface area (Å²) >= 11 is 0. The van der Waals surface area contributed by atoms with Gasteiger partial charge in [0.1, 0.15) is 0 Å². The van der Waals surface area contributed by atoms with Crippen molar-refractivity contribution in [2.45, 2.75) is 12.1 Å². The molecule has 0 aliphatic carbocycles. The van der Waals surface area contributed by atoms with Gasteiger partial charge >= 0.3 is 0 Å². The second-order valence-electron chi connectivity index (χ2n) is 5.64. The Bertz CT molecular complexity index is 529. The number of amides is 1. The third-order valence-corrected chi connectivity index (χ3v) is 4.21. The molecule has 22 heavy (non-hydrogen) atoms. The van der Waals surface area contributed by atoms with Crippen LogP contribution in [0.15, 0.2) is 30.6 Å². The highest BCUT2D eigenvalue weighted by atomic mass is 16.5. The molecular weight excluding hydrogens is 282 g/mol. The summed E-state index contributed by atoms with van der Waals surface area (Å²) < 4.78 is 5.34. The maximum absolute atomic E-state index is 12.3. The number of hydrogen-bond acceptors (Lipinski definition) is 5. The molecule has 2 fully saturated rings. The third kappa shape index (κ3) is 3.52. The summed E-state index contributed by atoms with van der Waals surface area (Å²) in [5, 5.41) is 10.2. The number of pyridine rings is 1. The number of hydrogen-bond donors (Lipinski definition) is 1. The largest absolute Gasteiger partial charge is 0.390 e. The summed E-state index contributed by atoms with van der Waals surface area (Å²) in [6.45, 7) is 3.98. The van der Waals surface area contributed by atoms with Gasteiger partial charge in [0.25, 0.3) is 0 Å². The molecule has 1 aromatic rings. The number of aromatic nitrogens is 1. The first-order valence-electron chi connectivity index (χ1n) is 7.61. The van der Waals surface area contributed by atoms with Gasteiger partial charge in [-0.3, -0.25) is 14.7 Å². The number of rotatable bonds is 3. The molecule has 6 nitrogen and oxygen atoms in total. The van der Waals surface area contributed by atoms with Crippen molar-refractivity contribution in [2.75, 3.05) is 39.4 Å². The van der Waals surface area contributed by atoms with E-state index in [1.807, 2.05) is 12.1 Å². The number of morpholine rings is 1. The first-order valence-corrected chi connectivity index (χ1v) is 7.61. The number of aliphatic hydroxyl groups excluding tert-OH is 1. The van der Waals surface area contributed by atoms with Crippen LogP contribution < -0.4 is 0 Å². The van der Waals surface area contributed by atoms with E-state index < -0.39 is 6.10 Å². The summed E-state index contributed by atoms with van der Waals surface area (Å²) in [6, 6.07) is 3.71. The molecule has 0 radical (unpaired) electrons. The molecule has 2 saturated heterocycles. The quantitative estimate of drug-likeness (QED) is 0.796. The predicted molar refractivity (Wildman–Crippen MR) is 82.0 cm³/mol. The second-order valence-corrected chi connectivity index (χ2v) is 5.64. The monoisotopic (exact) mass is 303 g/mol. The molecule has 3 rings (SSSR count). The molecule has 0 saturated carbocycles. The molecule has 1 amide bonds. The van der Waals surface area contributed by atoms with Gasteiger partial charge in [0.2, 0.25) is 5.91 Å². The molecule has 0 bridgehead atoms. The zero-order chi connectivity index (χ0) is 15.4. The van der Waals surface area contributed by atoms with Gasteiger partial charge in [0.15, 0.2) is 0 Å². The molecule has 2 aliphatic rings. The van der Waals surface area contributed by atoms with E-state index in [9.17, 15) is 9.90 Å². The van der Waals surface area contributed by atoms with Crippen LogP contribution in [0.4, 0.5) is 0 Å². The van der Waals surface area contributed by atoms with Crippen molar-refractivity contribution in [3.63, 3.8) is 0 Å². The maximum Gasteiger partial charge on any atom is 0.246 e. The number of β-amino-alcohol motifs (C(OH)–C–C–N with tert-alkyl or cyclic N) is 1. The number of likely N-dealkylation sites (tertiary alicyclic amines) is 1. The Balaban J connectivity index is 1.59. The Morgan fingerprint density at radius 1 is 1.27 bits per heavy atom. The minimum Gasteiger partial charge on any atom is -0.390 e. The molecular formula is C16H21N3O3. The molecule has 1 aromatic heterocycles. The van der Waals surface area contributed by atoms with Crippen LogP contribution in [-0.4, -0.2) is 77.3 Å². The normalized spacial score (nSPS) is 26.7. The summed E-state index contributed by atoms with van der Waals surface area (Å²) in [4.78, 5) is 20.1. The van der Waals surface area contributed by atoms with Crippen LogP contribution in [0.3, 0.4) is 0 Å². The number of nitrogens with zero attached hydrogens (tertiary/aromatic N) is 3. The Kier molecular flexibility index (Phi) is 4.82. The molecule has 0 spiro atoms. The molecule has 3 heterocycles. The van der Waals surface area contributed by atoms with E-state index in [4.69, 9.17) is 4.74 Å². The van der Waals surface area contributed by atoms with Gasteiger partial charge in [-0.15, -0.1) is 0 Å². The van der Waals surface area contributed by atoms with Crippen LogP contribution in [0.5, 0.6) is 0 Å². The van der Waals surface area contributed by atoms with Crippen molar-refractivity contribution < 1.29 is 14.6 Å². The summed E-state index contributed by atoms with van der Waals surface area (Å²) in [7, 11) is 0. The topological polar surface area (TPSA) is 65.9 Å². The van der Waals surface area contributed by atoms with E-state index in [-0.39, 0.29) is 11.9 Å². The van der Waals surface area contributed by atoms with E-state index in [1.165, 1.54) is 0 Å². The SMILES string of the molecule is O=C(/C=C/c1ccncc1)N1C[C@@H](O)[C@H](N2CCOCC2)C1. The second kappa shape index (κ2) is 7.00. The van der Waals surface area contributed by atoms with Gasteiger partial charge in [-0.05, 0) is 23.8 Å². The first-order chi connectivity index (χ1) is 10.7. The van der Waals surface area contributed by atoms with Gasteiger partial charge in [-0.2, -0.15) is 0 Å². The van der Waals surface area contributed by atoms with Gasteiger partial charge in [0, 0.05) is 44.6 Å². The van der Waals surface area contributed by atoms with Crippen LogP contribution in [-0.2, 0) is 9.53 Å². The number of carbonyl (C=O) groups is 1. The van der Waals surface area contributed by atoms with E-state index in [0.717, 1.165) is 18.7 Å². The summed E-state index contributed by atoms with van der Waals surface area (Å²) in [6.07, 6.45) is 6.23. The fourth-order valence-electron chi connectivity index (χ4n) is 2.96. The fourth-order valence-corrected chi connectivity index (χ4v) is 2.96. The molecule has 118 valence electrons. The Morgan fingerprint density at radius 2 is 2.00 bits per heavy atom.